The van der Waals surface area contributed by atoms with E-state index in [4.69, 9.17) is 17.3 Å². The highest BCUT2D eigenvalue weighted by molar-refractivity contribution is 9.10. The maximum atomic E-state index is 9.80. The van der Waals surface area contributed by atoms with Gasteiger partial charge in [0, 0.05) is 22.1 Å². The van der Waals surface area contributed by atoms with Crippen LogP contribution in [0, 0.1) is 0 Å². The molecule has 1 atom stereocenters. The number of hydrogen-bond acceptors (Lipinski definition) is 5. The van der Waals surface area contributed by atoms with Gasteiger partial charge < -0.3 is 15.7 Å². The van der Waals surface area contributed by atoms with Crippen molar-refractivity contribution in [1.29, 1.82) is 0 Å². The Kier molecular flexibility index (Phi) is 3.55. The molecule has 0 radical (unpaired) electrons. The van der Waals surface area contributed by atoms with Crippen LogP contribution in [0.2, 0.25) is 5.02 Å². The summed E-state index contributed by atoms with van der Waals surface area (Å²) in [6.45, 7) is 2.62. The van der Waals surface area contributed by atoms with Crippen LogP contribution in [0.15, 0.2) is 28.9 Å². The highest BCUT2D eigenvalue weighted by atomic mass is 79.9. The van der Waals surface area contributed by atoms with E-state index in [9.17, 15) is 5.11 Å². The van der Waals surface area contributed by atoms with Crippen molar-refractivity contribution >= 4 is 45.0 Å². The third-order valence-corrected chi connectivity index (χ3v) is 4.52. The van der Waals surface area contributed by atoms with Gasteiger partial charge in [0.1, 0.15) is 5.02 Å². The monoisotopic (exact) mass is 368 g/mol. The highest BCUT2D eigenvalue weighted by Gasteiger charge is 2.40. The Morgan fingerprint density at radius 2 is 2.29 bits per heavy atom. The minimum atomic E-state index is -0.376. The zero-order valence-corrected chi connectivity index (χ0v) is 13.7. The smallest absolute Gasteiger partial charge is 0.222 e. The lowest BCUT2D eigenvalue weighted by Crippen LogP contribution is -2.32. The molecule has 5 nitrogen and oxygen atoms in total. The molecule has 1 aliphatic heterocycles. The van der Waals surface area contributed by atoms with Crippen LogP contribution in [0.5, 0.6) is 0 Å². The Balaban J connectivity index is 2.18. The summed E-state index contributed by atoms with van der Waals surface area (Å²) in [5, 5.41) is 10.2. The lowest BCUT2D eigenvalue weighted by Gasteiger charge is -2.24. The summed E-state index contributed by atoms with van der Waals surface area (Å²) in [7, 11) is 0. The van der Waals surface area contributed by atoms with Crippen molar-refractivity contribution in [3.05, 3.63) is 39.5 Å². The largest absolute Gasteiger partial charge is 0.395 e. The molecule has 0 amide bonds. The number of anilines is 3. The van der Waals surface area contributed by atoms with Gasteiger partial charge in [-0.3, -0.25) is 0 Å². The van der Waals surface area contributed by atoms with Crippen molar-refractivity contribution in [2.75, 3.05) is 23.8 Å². The molecule has 0 saturated heterocycles. The fraction of sp³-hybridized carbons (Fsp3) is 0.286. The van der Waals surface area contributed by atoms with Crippen molar-refractivity contribution < 1.29 is 5.11 Å². The van der Waals surface area contributed by atoms with Crippen LogP contribution in [0.3, 0.4) is 0 Å². The molecular formula is C14H14BrClN4O. The molecule has 1 aliphatic rings. The van der Waals surface area contributed by atoms with E-state index in [1.165, 1.54) is 6.20 Å². The van der Waals surface area contributed by atoms with Crippen molar-refractivity contribution in [3.63, 3.8) is 0 Å². The number of hydrogen-bond donors (Lipinski definition) is 2. The van der Waals surface area contributed by atoms with Gasteiger partial charge >= 0.3 is 0 Å². The first-order chi connectivity index (χ1) is 9.94. The first kappa shape index (κ1) is 14.6. The van der Waals surface area contributed by atoms with Crippen LogP contribution in [-0.2, 0) is 5.41 Å². The van der Waals surface area contributed by atoms with E-state index in [1.54, 1.807) is 0 Å². The summed E-state index contributed by atoms with van der Waals surface area (Å²) in [6, 6.07) is 5.96. The molecule has 1 aromatic carbocycles. The average molecular weight is 370 g/mol. The zero-order valence-electron chi connectivity index (χ0n) is 11.3. The Morgan fingerprint density at radius 3 is 3.00 bits per heavy atom. The molecule has 2 heterocycles. The van der Waals surface area contributed by atoms with Gasteiger partial charge in [0.25, 0.3) is 0 Å². The first-order valence-electron chi connectivity index (χ1n) is 6.41. The number of aromatic nitrogens is 2. The van der Waals surface area contributed by atoms with E-state index in [2.05, 4.69) is 25.9 Å². The number of nitrogens with two attached hydrogens (primary N) is 1. The topological polar surface area (TPSA) is 75.3 Å². The van der Waals surface area contributed by atoms with Crippen LogP contribution >= 0.6 is 27.5 Å². The lowest BCUT2D eigenvalue weighted by molar-refractivity contribution is 0.216. The molecule has 0 unspecified atom stereocenters. The van der Waals surface area contributed by atoms with Gasteiger partial charge in [0.15, 0.2) is 5.82 Å². The Hall–Kier alpha value is -1.37. The molecule has 2 aromatic rings. The molecule has 3 rings (SSSR count). The van der Waals surface area contributed by atoms with E-state index in [0.29, 0.717) is 17.4 Å². The second-order valence-electron chi connectivity index (χ2n) is 5.37. The summed E-state index contributed by atoms with van der Waals surface area (Å²) < 4.78 is 0.951. The Morgan fingerprint density at radius 1 is 1.52 bits per heavy atom. The molecule has 0 saturated carbocycles. The molecule has 110 valence electrons. The molecular weight excluding hydrogens is 356 g/mol. The third-order valence-electron chi connectivity index (χ3n) is 3.76. The van der Waals surface area contributed by atoms with Crippen molar-refractivity contribution in [1.82, 2.24) is 9.97 Å². The molecule has 1 aromatic heterocycles. The molecule has 21 heavy (non-hydrogen) atoms. The van der Waals surface area contributed by atoms with Gasteiger partial charge in [-0.2, -0.15) is 4.98 Å². The number of aliphatic hydroxyl groups is 1. The highest BCUT2D eigenvalue weighted by Crippen LogP contribution is 2.46. The van der Waals surface area contributed by atoms with Crippen LogP contribution in [-0.4, -0.2) is 28.2 Å². The zero-order chi connectivity index (χ0) is 15.2. The quantitative estimate of drug-likeness (QED) is 0.851. The van der Waals surface area contributed by atoms with Gasteiger partial charge in [0.2, 0.25) is 5.95 Å². The second-order valence-corrected chi connectivity index (χ2v) is 6.69. The summed E-state index contributed by atoms with van der Waals surface area (Å²) in [6.07, 6.45) is 1.49. The summed E-state index contributed by atoms with van der Waals surface area (Å²) in [4.78, 5) is 10.1. The van der Waals surface area contributed by atoms with Crippen LogP contribution in [0.4, 0.5) is 17.5 Å². The Labute approximate surface area is 135 Å². The van der Waals surface area contributed by atoms with Gasteiger partial charge in [-0.1, -0.05) is 40.5 Å². The number of benzene rings is 1. The average Bonchev–Trinajstić information content (AvgIpc) is 2.75. The van der Waals surface area contributed by atoms with Crippen LogP contribution < -0.4 is 10.6 Å². The first-order valence-corrected chi connectivity index (χ1v) is 7.58. The molecule has 0 bridgehead atoms. The van der Waals surface area contributed by atoms with E-state index in [-0.39, 0.29) is 18.0 Å². The maximum Gasteiger partial charge on any atom is 0.222 e. The normalized spacial score (nSPS) is 20.7. The van der Waals surface area contributed by atoms with Gasteiger partial charge in [-0.05, 0) is 17.7 Å². The molecule has 7 heteroatoms. The van der Waals surface area contributed by atoms with E-state index in [0.717, 1.165) is 15.7 Å². The Bertz CT molecular complexity index is 711. The third kappa shape index (κ3) is 2.37. The molecule has 0 spiro atoms. The summed E-state index contributed by atoms with van der Waals surface area (Å²) in [5.74, 6) is 0.726. The number of fused-ring (bicyclic) bond motifs is 1. The lowest BCUT2D eigenvalue weighted by atomic mass is 9.86. The molecule has 3 N–H and O–H groups in total. The predicted molar refractivity (Wildman–Crippen MR) is 87.0 cm³/mol. The second kappa shape index (κ2) is 5.12. The predicted octanol–water partition coefficient (Wildman–Crippen LogP) is 2.88. The van der Waals surface area contributed by atoms with Gasteiger partial charge in [-0.15, -0.1) is 0 Å². The number of halogens is 2. The minimum absolute atomic E-state index is 0.0380. The van der Waals surface area contributed by atoms with E-state index >= 15 is 0 Å². The van der Waals surface area contributed by atoms with Crippen molar-refractivity contribution in [2.24, 2.45) is 0 Å². The fourth-order valence-corrected chi connectivity index (χ4v) is 3.18. The SMILES string of the molecule is C[C@@]1(CO)CN(c2nc(N)ncc2Cl)c2cc(Br)ccc21. The fourth-order valence-electron chi connectivity index (χ4n) is 2.64. The summed E-state index contributed by atoms with van der Waals surface area (Å²) >= 11 is 9.70. The van der Waals surface area contributed by atoms with E-state index in [1.807, 2.05) is 30.0 Å². The number of nitrogens with zero attached hydrogens (tertiary/aromatic N) is 3. The van der Waals surface area contributed by atoms with Crippen molar-refractivity contribution in [2.45, 2.75) is 12.3 Å². The number of aliphatic hydroxyl groups excluding tert-OH is 1. The van der Waals surface area contributed by atoms with Crippen LogP contribution in [0.25, 0.3) is 0 Å². The molecule has 0 fully saturated rings. The minimum Gasteiger partial charge on any atom is -0.395 e. The van der Waals surface area contributed by atoms with Gasteiger partial charge in [-0.25, -0.2) is 4.98 Å². The number of rotatable bonds is 2. The summed E-state index contributed by atoms with van der Waals surface area (Å²) in [5.41, 5.74) is 7.32. The maximum absolute atomic E-state index is 9.80. The van der Waals surface area contributed by atoms with Crippen LogP contribution in [0.1, 0.15) is 12.5 Å². The van der Waals surface area contributed by atoms with Crippen molar-refractivity contribution in [3.8, 4) is 0 Å². The molecule has 0 aliphatic carbocycles. The number of nitrogen functional groups attached to an aromatic ring is 1. The standard InChI is InChI=1S/C14H14BrClN4O/c1-14(7-21)6-20(11-4-8(15)2-3-9(11)14)12-10(16)5-18-13(17)19-12/h2-5,21H,6-7H2,1H3,(H2,17,18,19)/t14-/m0/s1. The van der Waals surface area contributed by atoms with E-state index < -0.39 is 0 Å². The van der Waals surface area contributed by atoms with Gasteiger partial charge in [0.05, 0.1) is 12.8 Å².